The summed E-state index contributed by atoms with van der Waals surface area (Å²) in [7, 11) is 0. The van der Waals surface area contributed by atoms with Crippen molar-refractivity contribution in [2.75, 3.05) is 23.9 Å². The third-order valence-corrected chi connectivity index (χ3v) is 2.75. The molecule has 0 atom stereocenters. The SMILES string of the molecule is CSCCCNc1ccc(O)c(C)c1. The van der Waals surface area contributed by atoms with E-state index in [2.05, 4.69) is 11.6 Å². The van der Waals surface area contributed by atoms with Gasteiger partial charge in [-0.1, -0.05) is 0 Å². The van der Waals surface area contributed by atoms with E-state index >= 15 is 0 Å². The number of benzene rings is 1. The molecule has 14 heavy (non-hydrogen) atoms. The Morgan fingerprint density at radius 2 is 2.21 bits per heavy atom. The standard InChI is InChI=1S/C11H17NOS/c1-9-8-10(4-5-11(9)13)12-6-3-7-14-2/h4-5,8,12-13H,3,6-7H2,1-2H3. The summed E-state index contributed by atoms with van der Waals surface area (Å²) in [5, 5.41) is 12.6. The van der Waals surface area contributed by atoms with Gasteiger partial charge < -0.3 is 10.4 Å². The van der Waals surface area contributed by atoms with Crippen molar-refractivity contribution in [3.05, 3.63) is 23.8 Å². The van der Waals surface area contributed by atoms with Crippen molar-refractivity contribution >= 4 is 17.4 Å². The molecule has 1 aromatic rings. The molecule has 0 saturated heterocycles. The fourth-order valence-corrected chi connectivity index (χ4v) is 1.65. The molecule has 2 N–H and O–H groups in total. The van der Waals surface area contributed by atoms with Crippen LogP contribution in [0.4, 0.5) is 5.69 Å². The second kappa shape index (κ2) is 5.81. The van der Waals surface area contributed by atoms with E-state index < -0.39 is 0 Å². The van der Waals surface area contributed by atoms with Gasteiger partial charge in [-0.05, 0) is 49.1 Å². The predicted octanol–water partition coefficient (Wildman–Crippen LogP) is 2.87. The predicted molar refractivity (Wildman–Crippen MR) is 64.3 cm³/mol. The number of anilines is 1. The number of hydrogen-bond acceptors (Lipinski definition) is 3. The molecule has 0 spiro atoms. The lowest BCUT2D eigenvalue weighted by molar-refractivity contribution is 0.471. The first-order chi connectivity index (χ1) is 6.74. The lowest BCUT2D eigenvalue weighted by Crippen LogP contribution is -2.02. The molecule has 0 bridgehead atoms. The van der Waals surface area contributed by atoms with Crippen molar-refractivity contribution in [3.8, 4) is 5.75 Å². The number of aromatic hydroxyl groups is 1. The monoisotopic (exact) mass is 211 g/mol. The Hall–Kier alpha value is -0.830. The van der Waals surface area contributed by atoms with Gasteiger partial charge in [-0.25, -0.2) is 0 Å². The largest absolute Gasteiger partial charge is 0.508 e. The molecule has 0 unspecified atom stereocenters. The summed E-state index contributed by atoms with van der Waals surface area (Å²) in [5.41, 5.74) is 2.00. The highest BCUT2D eigenvalue weighted by molar-refractivity contribution is 7.98. The van der Waals surface area contributed by atoms with Crippen LogP contribution in [-0.2, 0) is 0 Å². The lowest BCUT2D eigenvalue weighted by atomic mass is 10.2. The van der Waals surface area contributed by atoms with Crippen LogP contribution >= 0.6 is 11.8 Å². The van der Waals surface area contributed by atoms with Crippen molar-refractivity contribution in [1.29, 1.82) is 0 Å². The zero-order valence-electron chi connectivity index (χ0n) is 8.71. The third-order valence-electron chi connectivity index (χ3n) is 2.05. The number of rotatable bonds is 5. The first-order valence-corrected chi connectivity index (χ1v) is 6.16. The molecular formula is C11H17NOS. The van der Waals surface area contributed by atoms with Crippen LogP contribution in [-0.4, -0.2) is 23.7 Å². The Balaban J connectivity index is 2.39. The first-order valence-electron chi connectivity index (χ1n) is 4.76. The van der Waals surface area contributed by atoms with E-state index in [0.717, 1.165) is 17.8 Å². The van der Waals surface area contributed by atoms with E-state index in [9.17, 15) is 5.11 Å². The Morgan fingerprint density at radius 3 is 2.86 bits per heavy atom. The zero-order valence-corrected chi connectivity index (χ0v) is 9.53. The number of hydrogen-bond donors (Lipinski definition) is 2. The molecule has 1 aromatic carbocycles. The van der Waals surface area contributed by atoms with E-state index in [4.69, 9.17) is 0 Å². The van der Waals surface area contributed by atoms with Crippen molar-refractivity contribution in [2.45, 2.75) is 13.3 Å². The van der Waals surface area contributed by atoms with Crippen LogP contribution in [0.1, 0.15) is 12.0 Å². The zero-order chi connectivity index (χ0) is 10.4. The van der Waals surface area contributed by atoms with Gasteiger partial charge in [0.2, 0.25) is 0 Å². The van der Waals surface area contributed by atoms with Crippen LogP contribution in [0.3, 0.4) is 0 Å². The third kappa shape index (κ3) is 3.50. The molecule has 78 valence electrons. The summed E-state index contributed by atoms with van der Waals surface area (Å²) in [5.74, 6) is 1.55. The molecule has 3 heteroatoms. The van der Waals surface area contributed by atoms with Gasteiger partial charge in [0, 0.05) is 12.2 Å². The number of phenols is 1. The smallest absolute Gasteiger partial charge is 0.118 e. The second-order valence-corrected chi connectivity index (χ2v) is 4.26. The van der Waals surface area contributed by atoms with E-state index in [0.29, 0.717) is 5.75 Å². The summed E-state index contributed by atoms with van der Waals surface area (Å²) in [4.78, 5) is 0. The summed E-state index contributed by atoms with van der Waals surface area (Å²) in [6.45, 7) is 2.90. The number of nitrogens with one attached hydrogen (secondary N) is 1. The molecule has 0 fully saturated rings. The normalized spacial score (nSPS) is 10.1. The van der Waals surface area contributed by atoms with E-state index in [1.165, 1.54) is 12.2 Å². The van der Waals surface area contributed by atoms with Crippen LogP contribution in [0.15, 0.2) is 18.2 Å². The van der Waals surface area contributed by atoms with Gasteiger partial charge in [0.05, 0.1) is 0 Å². The fourth-order valence-electron chi connectivity index (χ4n) is 1.21. The maximum atomic E-state index is 9.32. The molecule has 0 aliphatic rings. The Kier molecular flexibility index (Phi) is 4.66. The van der Waals surface area contributed by atoms with Gasteiger partial charge in [-0.2, -0.15) is 11.8 Å². The highest BCUT2D eigenvalue weighted by atomic mass is 32.2. The highest BCUT2D eigenvalue weighted by Gasteiger charge is 1.96. The average Bonchev–Trinajstić information content (AvgIpc) is 2.18. The van der Waals surface area contributed by atoms with E-state index in [-0.39, 0.29) is 0 Å². The van der Waals surface area contributed by atoms with Gasteiger partial charge >= 0.3 is 0 Å². The summed E-state index contributed by atoms with van der Waals surface area (Å²) in [6, 6.07) is 5.60. The quantitative estimate of drug-likeness (QED) is 0.580. The fraction of sp³-hybridized carbons (Fsp3) is 0.455. The Labute approximate surface area is 89.7 Å². The second-order valence-electron chi connectivity index (χ2n) is 3.27. The lowest BCUT2D eigenvalue weighted by Gasteiger charge is -2.07. The van der Waals surface area contributed by atoms with Gasteiger partial charge in [-0.3, -0.25) is 0 Å². The summed E-state index contributed by atoms with van der Waals surface area (Å²) in [6.07, 6.45) is 3.28. The molecule has 0 heterocycles. The minimum atomic E-state index is 0.361. The molecule has 0 aliphatic carbocycles. The molecule has 0 aliphatic heterocycles. The Morgan fingerprint density at radius 1 is 1.43 bits per heavy atom. The van der Waals surface area contributed by atoms with Gasteiger partial charge in [0.15, 0.2) is 0 Å². The molecule has 0 radical (unpaired) electrons. The van der Waals surface area contributed by atoms with Crippen LogP contribution in [0.2, 0.25) is 0 Å². The van der Waals surface area contributed by atoms with Crippen molar-refractivity contribution in [1.82, 2.24) is 0 Å². The van der Waals surface area contributed by atoms with E-state index in [1.807, 2.05) is 30.8 Å². The summed E-state index contributed by atoms with van der Waals surface area (Å²) < 4.78 is 0. The van der Waals surface area contributed by atoms with E-state index in [1.54, 1.807) is 6.07 Å². The minimum Gasteiger partial charge on any atom is -0.508 e. The van der Waals surface area contributed by atoms with Crippen LogP contribution in [0, 0.1) is 6.92 Å². The summed E-state index contributed by atoms with van der Waals surface area (Å²) >= 11 is 1.86. The topological polar surface area (TPSA) is 32.3 Å². The minimum absolute atomic E-state index is 0.361. The van der Waals surface area contributed by atoms with Crippen molar-refractivity contribution in [3.63, 3.8) is 0 Å². The number of aryl methyl sites for hydroxylation is 1. The maximum absolute atomic E-state index is 9.32. The van der Waals surface area contributed by atoms with Crippen molar-refractivity contribution in [2.24, 2.45) is 0 Å². The highest BCUT2D eigenvalue weighted by Crippen LogP contribution is 2.19. The van der Waals surface area contributed by atoms with Crippen LogP contribution in [0.5, 0.6) is 5.75 Å². The molecule has 1 rings (SSSR count). The molecule has 0 saturated carbocycles. The number of thioether (sulfide) groups is 1. The van der Waals surface area contributed by atoms with Crippen LogP contribution < -0.4 is 5.32 Å². The number of phenolic OH excluding ortho intramolecular Hbond substituents is 1. The van der Waals surface area contributed by atoms with Crippen LogP contribution in [0.25, 0.3) is 0 Å². The molecule has 2 nitrogen and oxygen atoms in total. The maximum Gasteiger partial charge on any atom is 0.118 e. The van der Waals surface area contributed by atoms with Gasteiger partial charge in [-0.15, -0.1) is 0 Å². The molecule has 0 aromatic heterocycles. The molecule has 0 amide bonds. The van der Waals surface area contributed by atoms with Gasteiger partial charge in [0.25, 0.3) is 0 Å². The average molecular weight is 211 g/mol. The molecular weight excluding hydrogens is 194 g/mol. The first kappa shape index (κ1) is 11.2. The van der Waals surface area contributed by atoms with Crippen molar-refractivity contribution < 1.29 is 5.11 Å². The Bertz CT molecular complexity index is 289. The van der Waals surface area contributed by atoms with Gasteiger partial charge in [0.1, 0.15) is 5.75 Å².